The van der Waals surface area contributed by atoms with Gasteiger partial charge in [-0.25, -0.2) is 4.39 Å². The van der Waals surface area contributed by atoms with Gasteiger partial charge in [-0.3, -0.25) is 4.79 Å². The van der Waals surface area contributed by atoms with E-state index in [0.29, 0.717) is 13.0 Å². The maximum absolute atomic E-state index is 13.5. The number of carbonyl (C=O) groups is 1. The highest BCUT2D eigenvalue weighted by atomic mass is 19.1. The lowest BCUT2D eigenvalue weighted by Crippen LogP contribution is -2.30. The number of hydrogen-bond donors (Lipinski definition) is 2. The number of halogens is 1. The van der Waals surface area contributed by atoms with Gasteiger partial charge in [0.15, 0.2) is 0 Å². The van der Waals surface area contributed by atoms with Gasteiger partial charge < -0.3 is 10.4 Å². The quantitative estimate of drug-likeness (QED) is 0.845. The van der Waals surface area contributed by atoms with Crippen molar-refractivity contribution in [1.29, 1.82) is 0 Å². The van der Waals surface area contributed by atoms with Crippen molar-refractivity contribution >= 4 is 5.91 Å². The second-order valence-corrected chi connectivity index (χ2v) is 4.88. The number of nitrogens with one attached hydrogen (secondary N) is 1. The van der Waals surface area contributed by atoms with Gasteiger partial charge in [-0.2, -0.15) is 0 Å². The van der Waals surface area contributed by atoms with E-state index in [1.54, 1.807) is 19.9 Å². The highest BCUT2D eigenvalue weighted by Crippen LogP contribution is 2.10. The molecule has 100 valence electrons. The Morgan fingerprint density at radius 1 is 1.44 bits per heavy atom. The topological polar surface area (TPSA) is 49.3 Å². The van der Waals surface area contributed by atoms with Gasteiger partial charge in [-0.15, -0.1) is 0 Å². The van der Waals surface area contributed by atoms with Crippen LogP contribution in [0.25, 0.3) is 0 Å². The average molecular weight is 253 g/mol. The van der Waals surface area contributed by atoms with Crippen molar-refractivity contribution in [3.05, 3.63) is 35.1 Å². The van der Waals surface area contributed by atoms with E-state index in [1.807, 2.05) is 6.92 Å². The molecule has 0 spiro atoms. The Morgan fingerprint density at radius 2 is 2.11 bits per heavy atom. The van der Waals surface area contributed by atoms with Gasteiger partial charge in [0.25, 0.3) is 5.91 Å². The normalized spacial score (nSPS) is 14.1. The molecule has 1 rings (SSSR count). The van der Waals surface area contributed by atoms with Crippen molar-refractivity contribution in [3.8, 4) is 0 Å². The predicted octanol–water partition coefficient (Wildman–Crippen LogP) is 2.27. The second-order valence-electron chi connectivity index (χ2n) is 4.88. The summed E-state index contributed by atoms with van der Waals surface area (Å²) < 4.78 is 13.5. The lowest BCUT2D eigenvalue weighted by molar-refractivity contribution is 0.0935. The van der Waals surface area contributed by atoms with Gasteiger partial charge in [0.05, 0.1) is 11.7 Å². The van der Waals surface area contributed by atoms with Crippen LogP contribution in [0.15, 0.2) is 18.2 Å². The van der Waals surface area contributed by atoms with Crippen LogP contribution in [0.2, 0.25) is 0 Å². The fourth-order valence-corrected chi connectivity index (χ4v) is 1.83. The van der Waals surface area contributed by atoms with Gasteiger partial charge in [-0.05, 0) is 43.9 Å². The monoisotopic (exact) mass is 253 g/mol. The summed E-state index contributed by atoms with van der Waals surface area (Å²) >= 11 is 0. The Labute approximate surface area is 107 Å². The SMILES string of the molecule is Cc1ccc(C(=O)NCC(C)CC(C)O)c(F)c1. The summed E-state index contributed by atoms with van der Waals surface area (Å²) in [7, 11) is 0. The molecule has 1 aromatic rings. The van der Waals surface area contributed by atoms with Gasteiger partial charge in [0.1, 0.15) is 5.82 Å². The van der Waals surface area contributed by atoms with E-state index in [-0.39, 0.29) is 11.5 Å². The largest absolute Gasteiger partial charge is 0.393 e. The molecule has 0 aromatic heterocycles. The number of aryl methyl sites for hydroxylation is 1. The van der Waals surface area contributed by atoms with E-state index >= 15 is 0 Å². The Kier molecular flexibility index (Phi) is 5.28. The van der Waals surface area contributed by atoms with Crippen molar-refractivity contribution in [2.24, 2.45) is 5.92 Å². The number of aliphatic hydroxyl groups is 1. The molecule has 0 radical (unpaired) electrons. The minimum Gasteiger partial charge on any atom is -0.393 e. The van der Waals surface area contributed by atoms with Crippen LogP contribution in [0.1, 0.15) is 36.2 Å². The highest BCUT2D eigenvalue weighted by molar-refractivity contribution is 5.94. The molecule has 18 heavy (non-hydrogen) atoms. The van der Waals surface area contributed by atoms with Crippen LogP contribution < -0.4 is 5.32 Å². The van der Waals surface area contributed by atoms with Crippen molar-refractivity contribution < 1.29 is 14.3 Å². The summed E-state index contributed by atoms with van der Waals surface area (Å²) in [5, 5.41) is 11.9. The van der Waals surface area contributed by atoms with Gasteiger partial charge >= 0.3 is 0 Å². The fraction of sp³-hybridized carbons (Fsp3) is 0.500. The first kappa shape index (κ1) is 14.6. The molecule has 1 aromatic carbocycles. The summed E-state index contributed by atoms with van der Waals surface area (Å²) in [5.74, 6) is -0.761. The maximum atomic E-state index is 13.5. The van der Waals surface area contributed by atoms with Crippen molar-refractivity contribution in [1.82, 2.24) is 5.32 Å². The van der Waals surface area contributed by atoms with Crippen molar-refractivity contribution in [3.63, 3.8) is 0 Å². The lowest BCUT2D eigenvalue weighted by Gasteiger charge is -2.14. The maximum Gasteiger partial charge on any atom is 0.254 e. The summed E-state index contributed by atoms with van der Waals surface area (Å²) in [6, 6.07) is 4.53. The van der Waals surface area contributed by atoms with Crippen LogP contribution >= 0.6 is 0 Å². The summed E-state index contributed by atoms with van der Waals surface area (Å²) in [6.07, 6.45) is 0.212. The Hall–Kier alpha value is -1.42. The first-order valence-electron chi connectivity index (χ1n) is 6.12. The van der Waals surface area contributed by atoms with E-state index < -0.39 is 17.8 Å². The smallest absolute Gasteiger partial charge is 0.254 e. The number of amides is 1. The molecule has 0 aliphatic heterocycles. The zero-order valence-corrected chi connectivity index (χ0v) is 11.0. The lowest BCUT2D eigenvalue weighted by atomic mass is 10.0. The molecule has 0 saturated carbocycles. The van der Waals surface area contributed by atoms with E-state index in [0.717, 1.165) is 5.56 Å². The standard InChI is InChI=1S/C14H20FNO2/c1-9-4-5-12(13(15)7-9)14(18)16-8-10(2)6-11(3)17/h4-5,7,10-11,17H,6,8H2,1-3H3,(H,16,18). The minimum atomic E-state index is -0.504. The van der Waals surface area contributed by atoms with Crippen LogP contribution in [0.3, 0.4) is 0 Å². The Balaban J connectivity index is 2.55. The zero-order chi connectivity index (χ0) is 13.7. The van der Waals surface area contributed by atoms with E-state index in [9.17, 15) is 14.3 Å². The molecule has 1 amide bonds. The first-order valence-corrected chi connectivity index (χ1v) is 6.12. The van der Waals surface area contributed by atoms with Crippen molar-refractivity contribution in [2.45, 2.75) is 33.3 Å². The molecule has 0 heterocycles. The van der Waals surface area contributed by atoms with Crippen molar-refractivity contribution in [2.75, 3.05) is 6.54 Å². The zero-order valence-electron chi connectivity index (χ0n) is 11.0. The fourth-order valence-electron chi connectivity index (χ4n) is 1.83. The number of rotatable bonds is 5. The molecule has 2 N–H and O–H groups in total. The third-order valence-electron chi connectivity index (χ3n) is 2.72. The molecule has 3 nitrogen and oxygen atoms in total. The van der Waals surface area contributed by atoms with E-state index in [4.69, 9.17) is 0 Å². The van der Waals surface area contributed by atoms with Gasteiger partial charge in [0.2, 0.25) is 0 Å². The van der Waals surface area contributed by atoms with Crippen LogP contribution in [-0.4, -0.2) is 23.7 Å². The third kappa shape index (κ3) is 4.45. The number of hydrogen-bond acceptors (Lipinski definition) is 2. The average Bonchev–Trinajstić information content (AvgIpc) is 2.25. The molecule has 0 saturated heterocycles. The molecular formula is C14H20FNO2. The van der Waals surface area contributed by atoms with E-state index in [2.05, 4.69) is 5.32 Å². The van der Waals surface area contributed by atoms with Crippen LogP contribution in [-0.2, 0) is 0 Å². The molecule has 2 unspecified atom stereocenters. The summed E-state index contributed by atoms with van der Waals surface area (Å²) in [6.45, 7) is 5.84. The van der Waals surface area contributed by atoms with E-state index in [1.165, 1.54) is 12.1 Å². The molecule has 4 heteroatoms. The molecule has 0 aliphatic carbocycles. The summed E-state index contributed by atoms with van der Waals surface area (Å²) in [5.41, 5.74) is 0.844. The van der Waals surface area contributed by atoms with Crippen LogP contribution in [0.5, 0.6) is 0 Å². The van der Waals surface area contributed by atoms with Crippen LogP contribution in [0, 0.1) is 18.7 Å². The number of aliphatic hydroxyl groups excluding tert-OH is 1. The van der Waals surface area contributed by atoms with Crippen LogP contribution in [0.4, 0.5) is 4.39 Å². The summed E-state index contributed by atoms with van der Waals surface area (Å²) in [4.78, 5) is 11.8. The molecule has 0 bridgehead atoms. The molecule has 2 atom stereocenters. The first-order chi connectivity index (χ1) is 8.40. The minimum absolute atomic E-state index is 0.0600. The third-order valence-corrected chi connectivity index (χ3v) is 2.72. The molecular weight excluding hydrogens is 233 g/mol. The Morgan fingerprint density at radius 3 is 2.67 bits per heavy atom. The Bertz CT molecular complexity index is 418. The highest BCUT2D eigenvalue weighted by Gasteiger charge is 2.13. The number of carbonyl (C=O) groups excluding carboxylic acids is 1. The van der Waals surface area contributed by atoms with Gasteiger partial charge in [0, 0.05) is 6.54 Å². The molecule has 0 aliphatic rings. The number of benzene rings is 1. The second kappa shape index (κ2) is 6.50. The molecule has 0 fully saturated rings. The predicted molar refractivity (Wildman–Crippen MR) is 68.9 cm³/mol. The van der Waals surface area contributed by atoms with Gasteiger partial charge in [-0.1, -0.05) is 13.0 Å².